The van der Waals surface area contributed by atoms with E-state index in [0.717, 1.165) is 16.7 Å². The highest BCUT2D eigenvalue weighted by Gasteiger charge is 2.32. The minimum absolute atomic E-state index is 0.00203. The summed E-state index contributed by atoms with van der Waals surface area (Å²) < 4.78 is 33.1. The SMILES string of the molecule is C#Cc1ccc(Nc2c3c(=O)n(C4CC4)c(=O)n(-c4ccc(F)c(NC(C)=O)c4)c3c(C)c(=O)n2CC)c(F)c1. The standard InChI is InChI=1S/C29H25F2N5O4/c1-5-17-7-12-22(21(31)13-17)33-26-24-25(15(3)27(38)34(26)6-2)35(29(40)36(28(24)39)18-8-9-18)19-10-11-20(30)23(14-19)32-16(4)37/h1,7,10-14,18,33H,6,8-9H2,2-4H3,(H,32,37). The van der Waals surface area contributed by atoms with Gasteiger partial charge in [-0.3, -0.25) is 28.1 Å². The molecule has 0 unspecified atom stereocenters. The molecule has 9 nitrogen and oxygen atoms in total. The number of benzene rings is 2. The summed E-state index contributed by atoms with van der Waals surface area (Å²) in [5, 5.41) is 5.27. The topological polar surface area (TPSA) is 107 Å². The summed E-state index contributed by atoms with van der Waals surface area (Å²) in [4.78, 5) is 53.1. The second kappa shape index (κ2) is 9.96. The first-order valence-electron chi connectivity index (χ1n) is 12.6. The van der Waals surface area contributed by atoms with Crippen LogP contribution in [0.1, 0.15) is 43.9 Å². The van der Waals surface area contributed by atoms with E-state index in [9.17, 15) is 28.0 Å². The molecule has 0 radical (unpaired) electrons. The summed E-state index contributed by atoms with van der Waals surface area (Å²) in [7, 11) is 0. The van der Waals surface area contributed by atoms with Gasteiger partial charge in [-0.05, 0) is 63.1 Å². The Labute approximate surface area is 226 Å². The van der Waals surface area contributed by atoms with Gasteiger partial charge in [0.25, 0.3) is 11.1 Å². The number of amides is 1. The maximum Gasteiger partial charge on any atom is 0.336 e. The average Bonchev–Trinajstić information content (AvgIpc) is 3.74. The molecule has 11 heteroatoms. The molecule has 1 amide bonds. The third kappa shape index (κ3) is 4.37. The van der Waals surface area contributed by atoms with E-state index < -0.39 is 34.3 Å². The van der Waals surface area contributed by atoms with Gasteiger partial charge in [-0.15, -0.1) is 6.42 Å². The molecule has 2 aromatic heterocycles. The van der Waals surface area contributed by atoms with Gasteiger partial charge in [-0.25, -0.2) is 13.6 Å². The van der Waals surface area contributed by atoms with Crippen molar-refractivity contribution >= 4 is 34.0 Å². The molecule has 0 atom stereocenters. The number of hydrogen-bond donors (Lipinski definition) is 2. The summed E-state index contributed by atoms with van der Waals surface area (Å²) in [6.07, 6.45) is 6.57. The molecule has 1 saturated carbocycles. The lowest BCUT2D eigenvalue weighted by atomic mass is 10.1. The Morgan fingerprint density at radius 3 is 2.38 bits per heavy atom. The van der Waals surface area contributed by atoms with E-state index >= 15 is 0 Å². The van der Waals surface area contributed by atoms with Gasteiger partial charge in [0.15, 0.2) is 0 Å². The number of hydrogen-bond acceptors (Lipinski definition) is 5. The highest BCUT2D eigenvalue weighted by atomic mass is 19.1. The number of rotatable bonds is 6. The molecular formula is C29H25F2N5O4. The predicted octanol–water partition coefficient (Wildman–Crippen LogP) is 3.94. The Morgan fingerprint density at radius 2 is 1.77 bits per heavy atom. The normalized spacial score (nSPS) is 12.8. The van der Waals surface area contributed by atoms with Gasteiger partial charge in [0.2, 0.25) is 5.91 Å². The van der Waals surface area contributed by atoms with Gasteiger partial charge in [-0.2, -0.15) is 0 Å². The number of carbonyl (C=O) groups is 1. The van der Waals surface area contributed by atoms with E-state index in [1.54, 1.807) is 6.92 Å². The van der Waals surface area contributed by atoms with Crippen molar-refractivity contribution in [3.05, 3.63) is 90.4 Å². The van der Waals surface area contributed by atoms with E-state index in [-0.39, 0.29) is 51.9 Å². The Morgan fingerprint density at radius 1 is 1.05 bits per heavy atom. The molecule has 0 bridgehead atoms. The number of halogens is 2. The van der Waals surface area contributed by atoms with Crippen molar-refractivity contribution in [1.29, 1.82) is 0 Å². The van der Waals surface area contributed by atoms with Crippen LogP contribution in [0.4, 0.5) is 26.0 Å². The van der Waals surface area contributed by atoms with Gasteiger partial charge in [-0.1, -0.05) is 5.92 Å². The minimum atomic E-state index is -0.731. The number of pyridine rings is 1. The van der Waals surface area contributed by atoms with E-state index in [2.05, 4.69) is 16.6 Å². The number of terminal acetylenes is 1. The van der Waals surface area contributed by atoms with Crippen LogP contribution in [-0.4, -0.2) is 19.6 Å². The van der Waals surface area contributed by atoms with Crippen molar-refractivity contribution in [2.24, 2.45) is 0 Å². The molecule has 1 aliphatic carbocycles. The van der Waals surface area contributed by atoms with Crippen molar-refractivity contribution in [3.63, 3.8) is 0 Å². The first-order chi connectivity index (χ1) is 19.1. The number of anilines is 3. The number of carbonyl (C=O) groups excluding carboxylic acids is 1. The van der Waals surface area contributed by atoms with Gasteiger partial charge < -0.3 is 10.6 Å². The average molecular weight is 546 g/mol. The molecule has 2 aromatic carbocycles. The van der Waals surface area contributed by atoms with Gasteiger partial charge in [0.1, 0.15) is 22.8 Å². The summed E-state index contributed by atoms with van der Waals surface area (Å²) in [5.74, 6) is 0.389. The van der Waals surface area contributed by atoms with Crippen LogP contribution >= 0.6 is 0 Å². The second-order valence-electron chi connectivity index (χ2n) is 9.58. The fourth-order valence-corrected chi connectivity index (χ4v) is 4.83. The quantitative estimate of drug-likeness (QED) is 0.357. The van der Waals surface area contributed by atoms with Gasteiger partial charge in [0.05, 0.1) is 22.6 Å². The number of nitrogens with one attached hydrogen (secondary N) is 2. The first-order valence-corrected chi connectivity index (χ1v) is 12.6. The third-order valence-corrected chi connectivity index (χ3v) is 6.85. The number of aromatic nitrogens is 3. The molecule has 204 valence electrons. The Hall–Kier alpha value is -4.98. The molecule has 0 spiro atoms. The van der Waals surface area contributed by atoms with Crippen molar-refractivity contribution in [2.45, 2.75) is 46.2 Å². The van der Waals surface area contributed by atoms with Crippen LogP contribution < -0.4 is 27.4 Å². The predicted molar refractivity (Wildman–Crippen MR) is 149 cm³/mol. The molecule has 5 rings (SSSR count). The van der Waals surface area contributed by atoms with E-state index in [0.29, 0.717) is 18.4 Å². The molecule has 0 saturated heterocycles. The van der Waals surface area contributed by atoms with Gasteiger partial charge >= 0.3 is 5.69 Å². The molecule has 1 fully saturated rings. The number of aryl methyl sites for hydroxylation is 1. The van der Waals surface area contributed by atoms with E-state index in [4.69, 9.17) is 6.42 Å². The minimum Gasteiger partial charge on any atom is -0.338 e. The number of nitrogens with zero attached hydrogens (tertiary/aromatic N) is 3. The van der Waals surface area contributed by atoms with Crippen LogP contribution in [0, 0.1) is 30.9 Å². The zero-order valence-corrected chi connectivity index (χ0v) is 22.0. The molecule has 2 N–H and O–H groups in total. The second-order valence-corrected chi connectivity index (χ2v) is 9.58. The Balaban J connectivity index is 1.92. The zero-order valence-electron chi connectivity index (χ0n) is 22.0. The van der Waals surface area contributed by atoms with Crippen LogP contribution in [-0.2, 0) is 11.3 Å². The van der Waals surface area contributed by atoms with E-state index in [1.165, 1.54) is 47.2 Å². The number of fused-ring (bicyclic) bond motifs is 1. The van der Waals surface area contributed by atoms with Crippen LogP contribution in [0.25, 0.3) is 16.6 Å². The maximum atomic E-state index is 15.0. The lowest BCUT2D eigenvalue weighted by Gasteiger charge is -2.22. The lowest BCUT2D eigenvalue weighted by Crippen LogP contribution is -2.41. The fraction of sp³-hybridized carbons (Fsp3) is 0.241. The van der Waals surface area contributed by atoms with Crippen molar-refractivity contribution < 1.29 is 13.6 Å². The molecule has 0 aliphatic heterocycles. The first kappa shape index (κ1) is 26.6. The fourth-order valence-electron chi connectivity index (χ4n) is 4.83. The molecular weight excluding hydrogens is 520 g/mol. The summed E-state index contributed by atoms with van der Waals surface area (Å²) in [6, 6.07) is 7.34. The van der Waals surface area contributed by atoms with E-state index in [1.807, 2.05) is 0 Å². The largest absolute Gasteiger partial charge is 0.338 e. The highest BCUT2D eigenvalue weighted by molar-refractivity contribution is 5.94. The highest BCUT2D eigenvalue weighted by Crippen LogP contribution is 2.34. The van der Waals surface area contributed by atoms with Crippen molar-refractivity contribution in [2.75, 3.05) is 10.6 Å². The Bertz CT molecular complexity index is 1940. The summed E-state index contributed by atoms with van der Waals surface area (Å²) in [5.41, 5.74) is -1.57. The summed E-state index contributed by atoms with van der Waals surface area (Å²) in [6.45, 7) is 4.53. The molecule has 4 aromatic rings. The van der Waals surface area contributed by atoms with Crippen LogP contribution in [0.5, 0.6) is 0 Å². The molecule has 40 heavy (non-hydrogen) atoms. The molecule has 2 heterocycles. The van der Waals surface area contributed by atoms with Crippen LogP contribution in [0.15, 0.2) is 50.8 Å². The third-order valence-electron chi connectivity index (χ3n) is 6.85. The van der Waals surface area contributed by atoms with Crippen molar-refractivity contribution in [1.82, 2.24) is 13.7 Å². The molecule has 1 aliphatic rings. The Kier molecular flexibility index (Phi) is 6.63. The summed E-state index contributed by atoms with van der Waals surface area (Å²) >= 11 is 0. The van der Waals surface area contributed by atoms with Crippen LogP contribution in [0.2, 0.25) is 0 Å². The van der Waals surface area contributed by atoms with Gasteiger partial charge in [0, 0.05) is 30.6 Å². The lowest BCUT2D eigenvalue weighted by molar-refractivity contribution is -0.114. The van der Waals surface area contributed by atoms with Crippen molar-refractivity contribution in [3.8, 4) is 18.0 Å². The monoisotopic (exact) mass is 545 g/mol. The zero-order chi connectivity index (χ0) is 28.9. The smallest absolute Gasteiger partial charge is 0.336 e. The maximum absolute atomic E-state index is 15.0. The van der Waals surface area contributed by atoms with Crippen LogP contribution in [0.3, 0.4) is 0 Å².